The second kappa shape index (κ2) is 6.54. The number of pyridine rings is 1. The van der Waals surface area contributed by atoms with Crippen LogP contribution in [0.15, 0.2) is 41.0 Å². The Morgan fingerprint density at radius 1 is 1.29 bits per heavy atom. The predicted molar refractivity (Wildman–Crippen MR) is 82.5 cm³/mol. The molecular weight excluding hydrogens is 335 g/mol. The van der Waals surface area contributed by atoms with Crippen LogP contribution in [0.4, 0.5) is 4.39 Å². The fourth-order valence-electron chi connectivity index (χ4n) is 1.96. The summed E-state index contributed by atoms with van der Waals surface area (Å²) >= 11 is 3.23. The summed E-state index contributed by atoms with van der Waals surface area (Å²) in [6, 6.07) is 9.43. The van der Waals surface area contributed by atoms with Gasteiger partial charge in [-0.1, -0.05) is 12.1 Å². The van der Waals surface area contributed by atoms with Gasteiger partial charge in [-0.15, -0.1) is 0 Å². The second-order valence-electron chi connectivity index (χ2n) is 5.14. The van der Waals surface area contributed by atoms with E-state index < -0.39 is 0 Å². The van der Waals surface area contributed by atoms with E-state index in [1.54, 1.807) is 12.3 Å². The van der Waals surface area contributed by atoms with Gasteiger partial charge >= 0.3 is 0 Å². The molecule has 5 heteroatoms. The average Bonchev–Trinajstić information content (AvgIpc) is 3.32. The van der Waals surface area contributed by atoms with Crippen LogP contribution in [0.5, 0.6) is 5.75 Å². The van der Waals surface area contributed by atoms with Crippen LogP contribution in [0.1, 0.15) is 24.1 Å². The smallest absolute Gasteiger partial charge is 0.138 e. The summed E-state index contributed by atoms with van der Waals surface area (Å²) in [6.07, 6.45) is 4.24. The van der Waals surface area contributed by atoms with Crippen molar-refractivity contribution in [1.82, 2.24) is 10.3 Å². The zero-order valence-electron chi connectivity index (χ0n) is 11.5. The van der Waals surface area contributed by atoms with Crippen molar-refractivity contribution in [3.8, 4) is 5.75 Å². The van der Waals surface area contributed by atoms with Crippen LogP contribution in [-0.4, -0.2) is 11.0 Å². The van der Waals surface area contributed by atoms with Crippen LogP contribution in [0.25, 0.3) is 0 Å². The zero-order valence-corrected chi connectivity index (χ0v) is 13.1. The number of rotatable bonds is 6. The summed E-state index contributed by atoms with van der Waals surface area (Å²) in [6.45, 7) is 1.10. The Labute approximate surface area is 131 Å². The molecule has 0 amide bonds. The van der Waals surface area contributed by atoms with Gasteiger partial charge in [0.1, 0.15) is 18.2 Å². The molecule has 1 aliphatic rings. The minimum Gasteiger partial charge on any atom is -0.487 e. The van der Waals surface area contributed by atoms with Gasteiger partial charge in [-0.25, -0.2) is 4.39 Å². The molecule has 0 atom stereocenters. The summed E-state index contributed by atoms with van der Waals surface area (Å²) in [4.78, 5) is 4.36. The van der Waals surface area contributed by atoms with E-state index in [1.165, 1.54) is 18.9 Å². The van der Waals surface area contributed by atoms with Crippen molar-refractivity contribution in [2.75, 3.05) is 0 Å². The maximum absolute atomic E-state index is 13.4. The van der Waals surface area contributed by atoms with Gasteiger partial charge in [-0.05, 0) is 47.0 Å². The van der Waals surface area contributed by atoms with E-state index in [0.717, 1.165) is 17.8 Å². The molecule has 1 aromatic carbocycles. The molecule has 2 aromatic rings. The molecule has 0 aliphatic heterocycles. The third-order valence-corrected chi connectivity index (χ3v) is 4.26. The highest BCUT2D eigenvalue weighted by Gasteiger charge is 2.20. The average molecular weight is 351 g/mol. The van der Waals surface area contributed by atoms with Gasteiger partial charge in [0.2, 0.25) is 0 Å². The van der Waals surface area contributed by atoms with Crippen molar-refractivity contribution in [2.45, 2.75) is 32.0 Å². The summed E-state index contributed by atoms with van der Waals surface area (Å²) < 4.78 is 19.5. The first-order valence-corrected chi connectivity index (χ1v) is 7.75. The molecule has 0 radical (unpaired) electrons. The standard InChI is InChI=1S/C16H16BrFN2O/c17-16-11(2-1-3-15(16)18)10-21-14-7-6-13(20-9-14)8-19-12-4-5-12/h1-3,6-7,9,12,19H,4-5,8,10H2. The number of hydrogen-bond acceptors (Lipinski definition) is 3. The quantitative estimate of drug-likeness (QED) is 0.859. The Bertz CT molecular complexity index is 614. The van der Waals surface area contributed by atoms with Crippen molar-refractivity contribution in [1.29, 1.82) is 0 Å². The van der Waals surface area contributed by atoms with Crippen LogP contribution in [0, 0.1) is 5.82 Å². The minimum atomic E-state index is -0.282. The van der Waals surface area contributed by atoms with Crippen molar-refractivity contribution in [3.05, 3.63) is 58.1 Å². The van der Waals surface area contributed by atoms with E-state index in [2.05, 4.69) is 26.2 Å². The highest BCUT2D eigenvalue weighted by molar-refractivity contribution is 9.10. The summed E-state index contributed by atoms with van der Waals surface area (Å²) in [5.74, 6) is 0.400. The number of halogens is 2. The normalized spacial score (nSPS) is 14.2. The third kappa shape index (κ3) is 4.02. The van der Waals surface area contributed by atoms with E-state index in [4.69, 9.17) is 4.74 Å². The molecule has 1 aromatic heterocycles. The maximum Gasteiger partial charge on any atom is 0.138 e. The first-order valence-electron chi connectivity index (χ1n) is 6.96. The van der Waals surface area contributed by atoms with Gasteiger partial charge in [-0.3, -0.25) is 4.98 Å². The van der Waals surface area contributed by atoms with Gasteiger partial charge in [0.05, 0.1) is 16.4 Å². The van der Waals surface area contributed by atoms with Gasteiger partial charge in [-0.2, -0.15) is 0 Å². The van der Waals surface area contributed by atoms with Gasteiger partial charge in [0.15, 0.2) is 0 Å². The van der Waals surface area contributed by atoms with E-state index in [-0.39, 0.29) is 5.82 Å². The Hall–Kier alpha value is -1.46. The predicted octanol–water partition coefficient (Wildman–Crippen LogP) is 3.81. The minimum absolute atomic E-state index is 0.282. The van der Waals surface area contributed by atoms with E-state index >= 15 is 0 Å². The molecule has 1 aliphatic carbocycles. The molecule has 1 fully saturated rings. The van der Waals surface area contributed by atoms with Crippen molar-refractivity contribution >= 4 is 15.9 Å². The highest BCUT2D eigenvalue weighted by Crippen LogP contribution is 2.22. The van der Waals surface area contributed by atoms with Crippen molar-refractivity contribution in [2.24, 2.45) is 0 Å². The number of ether oxygens (including phenoxy) is 1. The molecule has 0 unspecified atom stereocenters. The highest BCUT2D eigenvalue weighted by atomic mass is 79.9. The van der Waals surface area contributed by atoms with E-state index in [9.17, 15) is 4.39 Å². The fraction of sp³-hybridized carbons (Fsp3) is 0.312. The van der Waals surface area contributed by atoms with E-state index in [1.807, 2.05) is 18.2 Å². The maximum atomic E-state index is 13.4. The molecule has 0 spiro atoms. The largest absolute Gasteiger partial charge is 0.487 e. The third-order valence-electron chi connectivity index (χ3n) is 3.37. The molecule has 1 heterocycles. The molecule has 110 valence electrons. The van der Waals surface area contributed by atoms with Crippen molar-refractivity contribution in [3.63, 3.8) is 0 Å². The van der Waals surface area contributed by atoms with Crippen LogP contribution >= 0.6 is 15.9 Å². The lowest BCUT2D eigenvalue weighted by atomic mass is 10.2. The van der Waals surface area contributed by atoms with Crippen LogP contribution in [0.2, 0.25) is 0 Å². The van der Waals surface area contributed by atoms with E-state index in [0.29, 0.717) is 22.9 Å². The Morgan fingerprint density at radius 2 is 2.14 bits per heavy atom. The first kappa shape index (κ1) is 14.5. The first-order chi connectivity index (χ1) is 10.2. The monoisotopic (exact) mass is 350 g/mol. The summed E-state index contributed by atoms with van der Waals surface area (Å²) in [5.41, 5.74) is 1.77. The molecular formula is C16H16BrFN2O. The fourth-order valence-corrected chi connectivity index (χ4v) is 2.34. The lowest BCUT2D eigenvalue weighted by Crippen LogP contribution is -2.16. The number of aromatic nitrogens is 1. The molecule has 1 saturated carbocycles. The molecule has 3 rings (SSSR count). The van der Waals surface area contributed by atoms with Gasteiger partial charge < -0.3 is 10.1 Å². The molecule has 21 heavy (non-hydrogen) atoms. The second-order valence-corrected chi connectivity index (χ2v) is 5.94. The molecule has 1 N–H and O–H groups in total. The lowest BCUT2D eigenvalue weighted by Gasteiger charge is -2.09. The molecule has 0 bridgehead atoms. The lowest BCUT2D eigenvalue weighted by molar-refractivity contribution is 0.303. The number of nitrogens with one attached hydrogen (secondary N) is 1. The molecule has 0 saturated heterocycles. The van der Waals surface area contributed by atoms with Crippen LogP contribution < -0.4 is 10.1 Å². The Kier molecular flexibility index (Phi) is 4.51. The number of hydrogen-bond donors (Lipinski definition) is 1. The SMILES string of the molecule is Fc1cccc(COc2ccc(CNC3CC3)nc2)c1Br. The number of benzene rings is 1. The number of nitrogens with zero attached hydrogens (tertiary/aromatic N) is 1. The van der Waals surface area contributed by atoms with Crippen LogP contribution in [0.3, 0.4) is 0 Å². The summed E-state index contributed by atoms with van der Waals surface area (Å²) in [7, 11) is 0. The summed E-state index contributed by atoms with van der Waals surface area (Å²) in [5, 5.41) is 3.41. The van der Waals surface area contributed by atoms with Gasteiger partial charge in [0, 0.05) is 18.2 Å². The zero-order chi connectivity index (χ0) is 14.7. The Morgan fingerprint density at radius 3 is 2.86 bits per heavy atom. The van der Waals surface area contributed by atoms with Crippen LogP contribution in [-0.2, 0) is 13.2 Å². The Balaban J connectivity index is 1.56. The topological polar surface area (TPSA) is 34.1 Å². The van der Waals surface area contributed by atoms with Gasteiger partial charge in [0.25, 0.3) is 0 Å². The molecule has 3 nitrogen and oxygen atoms in total. The van der Waals surface area contributed by atoms with Crippen molar-refractivity contribution < 1.29 is 9.13 Å².